The van der Waals surface area contributed by atoms with Crippen LogP contribution in [0.4, 0.5) is 5.82 Å². The van der Waals surface area contributed by atoms with Gasteiger partial charge in [-0.3, -0.25) is 4.57 Å². The number of nitrogens with one attached hydrogen (secondary N) is 1. The molecular formula is C23H24ClN5O4S. The van der Waals surface area contributed by atoms with E-state index in [9.17, 15) is 4.79 Å². The number of hydrogen-bond donors (Lipinski definition) is 1. The van der Waals surface area contributed by atoms with Crippen LogP contribution in [0.3, 0.4) is 0 Å². The zero-order chi connectivity index (χ0) is 23.4. The highest BCUT2D eigenvalue weighted by atomic mass is 35.5. The molecule has 0 amide bonds. The summed E-state index contributed by atoms with van der Waals surface area (Å²) in [5.74, 6) is -0.464. The Morgan fingerprint density at radius 1 is 1.24 bits per heavy atom. The summed E-state index contributed by atoms with van der Waals surface area (Å²) >= 11 is 7.89. The Morgan fingerprint density at radius 3 is 2.76 bits per heavy atom. The molecule has 2 aromatic heterocycles. The van der Waals surface area contributed by atoms with Gasteiger partial charge in [0.25, 0.3) is 0 Å². The molecule has 2 saturated heterocycles. The van der Waals surface area contributed by atoms with Crippen LogP contribution in [0, 0.1) is 0 Å². The fourth-order valence-corrected chi connectivity index (χ4v) is 6.12. The van der Waals surface area contributed by atoms with Gasteiger partial charge in [0, 0.05) is 6.04 Å². The van der Waals surface area contributed by atoms with Crippen LogP contribution >= 0.6 is 23.4 Å². The van der Waals surface area contributed by atoms with Crippen molar-refractivity contribution >= 4 is 46.3 Å². The average Bonchev–Trinajstić information content (AvgIpc) is 3.31. The largest absolute Gasteiger partial charge is 0.461 e. The van der Waals surface area contributed by atoms with E-state index in [2.05, 4.69) is 20.3 Å². The predicted molar refractivity (Wildman–Crippen MR) is 128 cm³/mol. The molecule has 1 saturated carbocycles. The summed E-state index contributed by atoms with van der Waals surface area (Å²) in [6.07, 6.45) is 3.43. The fraction of sp³-hybridized carbons (Fsp3) is 0.478. The third kappa shape index (κ3) is 4.13. The number of carbonyl (C=O) groups is 1. The molecule has 3 aliphatic rings. The second-order valence-electron chi connectivity index (χ2n) is 9.18. The molecule has 0 radical (unpaired) electrons. The molecule has 3 fully saturated rings. The summed E-state index contributed by atoms with van der Waals surface area (Å²) in [6.45, 7) is 3.98. The zero-order valence-corrected chi connectivity index (χ0v) is 20.3. The van der Waals surface area contributed by atoms with Gasteiger partial charge in [0.05, 0.1) is 17.1 Å². The second-order valence-corrected chi connectivity index (χ2v) is 10.9. The van der Waals surface area contributed by atoms with Crippen molar-refractivity contribution in [2.45, 2.75) is 61.3 Å². The molecule has 6 rings (SSSR count). The molecule has 11 heteroatoms. The molecule has 4 atom stereocenters. The van der Waals surface area contributed by atoms with Crippen molar-refractivity contribution in [2.24, 2.45) is 0 Å². The Bertz CT molecular complexity index is 1230. The molecule has 4 heterocycles. The smallest absolute Gasteiger partial charge is 0.338 e. The summed E-state index contributed by atoms with van der Waals surface area (Å²) in [4.78, 5) is 25.9. The van der Waals surface area contributed by atoms with Crippen LogP contribution in [-0.2, 0) is 14.2 Å². The Morgan fingerprint density at radius 2 is 2.00 bits per heavy atom. The molecule has 1 N–H and O–H groups in total. The fourth-order valence-electron chi connectivity index (χ4n) is 4.43. The monoisotopic (exact) mass is 501 g/mol. The number of fused-ring (bicyclic) bond motifs is 2. The first-order valence-electron chi connectivity index (χ1n) is 11.3. The van der Waals surface area contributed by atoms with Gasteiger partial charge in [-0.2, -0.15) is 9.97 Å². The van der Waals surface area contributed by atoms with E-state index < -0.39 is 5.79 Å². The Kier molecular flexibility index (Phi) is 5.44. The van der Waals surface area contributed by atoms with E-state index in [1.807, 2.05) is 36.6 Å². The van der Waals surface area contributed by atoms with Crippen molar-refractivity contribution in [2.75, 3.05) is 11.9 Å². The van der Waals surface area contributed by atoms with E-state index in [1.54, 1.807) is 30.2 Å². The van der Waals surface area contributed by atoms with E-state index in [-0.39, 0.29) is 40.7 Å². The maximum atomic E-state index is 12.5. The highest BCUT2D eigenvalue weighted by molar-refractivity contribution is 8.00. The summed E-state index contributed by atoms with van der Waals surface area (Å²) in [5.41, 5.74) is 1.82. The average molecular weight is 502 g/mol. The number of thioether (sulfide) groups is 1. The lowest BCUT2D eigenvalue weighted by Crippen LogP contribution is -2.32. The van der Waals surface area contributed by atoms with E-state index in [4.69, 9.17) is 25.8 Å². The number of aromatic nitrogens is 4. The van der Waals surface area contributed by atoms with E-state index in [0.717, 1.165) is 12.8 Å². The van der Waals surface area contributed by atoms with Crippen LogP contribution in [-0.4, -0.2) is 61.4 Å². The maximum Gasteiger partial charge on any atom is 0.338 e. The van der Waals surface area contributed by atoms with E-state index >= 15 is 0 Å². The maximum absolute atomic E-state index is 12.5. The lowest BCUT2D eigenvalue weighted by molar-refractivity contribution is -0.149. The van der Waals surface area contributed by atoms with Crippen LogP contribution in [0.1, 0.15) is 42.4 Å². The summed E-state index contributed by atoms with van der Waals surface area (Å²) < 4.78 is 20.1. The molecule has 1 aromatic carbocycles. The predicted octanol–water partition coefficient (Wildman–Crippen LogP) is 4.05. The van der Waals surface area contributed by atoms with Gasteiger partial charge in [-0.25, -0.2) is 9.78 Å². The Balaban J connectivity index is 1.28. The number of esters is 1. The number of halogens is 1. The highest BCUT2D eigenvalue weighted by Gasteiger charge is 2.56. The standard InChI is InChI=1S/C23H24ClN5O4S/c1-23(2)32-16-14(10-31-21(30)12-6-4-3-5-7-12)34-20(17(16)33-23)29-11-25-15-18(26-13-8-9-13)27-22(24)28-19(15)29/h3-7,11,13-14,16-17,20H,8-10H2,1-2H3,(H,26,27,28)/t14-,16-,17-,20-/m1/s1. The molecule has 2 aliphatic heterocycles. The van der Waals surface area contributed by atoms with Gasteiger partial charge in [0.1, 0.15) is 24.2 Å². The number of anilines is 1. The van der Waals surface area contributed by atoms with Crippen LogP contribution in [0.25, 0.3) is 11.2 Å². The quantitative estimate of drug-likeness (QED) is 0.396. The van der Waals surface area contributed by atoms with E-state index in [1.165, 1.54) is 0 Å². The number of ether oxygens (including phenoxy) is 3. The minimum atomic E-state index is -0.752. The molecule has 178 valence electrons. The van der Waals surface area contributed by atoms with Crippen molar-refractivity contribution in [1.82, 2.24) is 19.5 Å². The first-order chi connectivity index (χ1) is 16.4. The van der Waals surface area contributed by atoms with Gasteiger partial charge in [-0.1, -0.05) is 18.2 Å². The molecular weight excluding hydrogens is 478 g/mol. The Hall–Kier alpha value is -2.40. The van der Waals surface area contributed by atoms with Crippen LogP contribution in [0.2, 0.25) is 5.28 Å². The summed E-state index contributed by atoms with van der Waals surface area (Å²) in [7, 11) is 0. The lowest BCUT2D eigenvalue weighted by atomic mass is 10.1. The number of nitrogens with zero attached hydrogens (tertiary/aromatic N) is 4. The molecule has 9 nitrogen and oxygen atoms in total. The molecule has 0 unspecified atom stereocenters. The first kappa shape index (κ1) is 22.1. The van der Waals surface area contributed by atoms with Crippen molar-refractivity contribution < 1.29 is 19.0 Å². The van der Waals surface area contributed by atoms with Crippen LogP contribution in [0.5, 0.6) is 0 Å². The third-order valence-corrected chi connectivity index (χ3v) is 7.80. The van der Waals surface area contributed by atoms with Gasteiger partial charge >= 0.3 is 5.97 Å². The van der Waals surface area contributed by atoms with Crippen LogP contribution in [0.15, 0.2) is 36.7 Å². The zero-order valence-electron chi connectivity index (χ0n) is 18.7. The number of hydrogen-bond acceptors (Lipinski definition) is 9. The van der Waals surface area contributed by atoms with Crippen molar-refractivity contribution in [3.8, 4) is 0 Å². The van der Waals surface area contributed by atoms with Gasteiger partial charge < -0.3 is 19.5 Å². The second kappa shape index (κ2) is 8.37. The van der Waals surface area contributed by atoms with Crippen molar-refractivity contribution in [1.29, 1.82) is 0 Å². The minimum absolute atomic E-state index is 0.122. The third-order valence-electron chi connectivity index (χ3n) is 6.10. The molecule has 0 bridgehead atoms. The van der Waals surface area contributed by atoms with Gasteiger partial charge in [-0.05, 0) is 50.4 Å². The first-order valence-corrected chi connectivity index (χ1v) is 12.6. The summed E-state index contributed by atoms with van der Waals surface area (Å²) in [5, 5.41) is 3.24. The van der Waals surface area contributed by atoms with E-state index in [0.29, 0.717) is 28.6 Å². The summed E-state index contributed by atoms with van der Waals surface area (Å²) in [6, 6.07) is 9.37. The van der Waals surface area contributed by atoms with Crippen molar-refractivity contribution in [3.63, 3.8) is 0 Å². The number of rotatable bonds is 6. The normalized spacial score (nSPS) is 27.6. The lowest BCUT2D eigenvalue weighted by Gasteiger charge is -2.24. The number of carbonyl (C=O) groups excluding carboxylic acids is 1. The number of benzene rings is 1. The molecule has 34 heavy (non-hydrogen) atoms. The molecule has 3 aromatic rings. The number of imidazole rings is 1. The van der Waals surface area contributed by atoms with Gasteiger partial charge in [0.15, 0.2) is 22.8 Å². The highest BCUT2D eigenvalue weighted by Crippen LogP contribution is 2.51. The Labute approximate surface area is 205 Å². The van der Waals surface area contributed by atoms with Crippen molar-refractivity contribution in [3.05, 3.63) is 47.5 Å². The molecule has 1 aliphatic carbocycles. The van der Waals surface area contributed by atoms with Gasteiger partial charge in [0.2, 0.25) is 5.28 Å². The topological polar surface area (TPSA) is 100 Å². The van der Waals surface area contributed by atoms with Gasteiger partial charge in [-0.15, -0.1) is 11.8 Å². The SMILES string of the molecule is CC1(C)O[C@@H]2[C@H](O1)[C@@H](COC(=O)c1ccccc1)S[C@H]2n1cnc2c(NC3CC3)nc(Cl)nc21. The van der Waals surface area contributed by atoms with Crippen LogP contribution < -0.4 is 5.32 Å². The molecule has 0 spiro atoms. The minimum Gasteiger partial charge on any atom is -0.461 e.